The second kappa shape index (κ2) is 12.6. The molecule has 3 aromatic carbocycles. The number of hydrogen-bond acceptors (Lipinski definition) is 7. The Kier molecular flexibility index (Phi) is 9.27. The Balaban J connectivity index is 1.80. The van der Waals surface area contributed by atoms with E-state index < -0.39 is 0 Å². The third-order valence-electron chi connectivity index (χ3n) is 5.84. The van der Waals surface area contributed by atoms with Gasteiger partial charge in [0, 0.05) is 6.54 Å². The average Bonchev–Trinajstić information content (AvgIpc) is 2.92. The summed E-state index contributed by atoms with van der Waals surface area (Å²) < 4.78 is 32.5. The molecule has 0 heterocycles. The van der Waals surface area contributed by atoms with Gasteiger partial charge in [0.15, 0.2) is 34.5 Å². The van der Waals surface area contributed by atoms with Crippen LogP contribution in [0.25, 0.3) is 11.1 Å². The van der Waals surface area contributed by atoms with E-state index in [9.17, 15) is 4.79 Å². The Bertz CT molecular complexity index is 1190. The zero-order valence-electron chi connectivity index (χ0n) is 21.6. The van der Waals surface area contributed by atoms with E-state index in [4.69, 9.17) is 28.4 Å². The number of ether oxygens (including phenoxy) is 6. The highest BCUT2D eigenvalue weighted by Gasteiger charge is 2.17. The molecule has 192 valence electrons. The molecule has 0 aliphatic carbocycles. The zero-order chi connectivity index (χ0) is 26.1. The summed E-state index contributed by atoms with van der Waals surface area (Å²) in [4.78, 5) is 12.9. The molecule has 0 aliphatic rings. The molecule has 0 aromatic heterocycles. The smallest absolute Gasteiger partial charge is 0.224 e. The number of methoxy groups -OCH3 is 6. The lowest BCUT2D eigenvalue weighted by Gasteiger charge is -2.17. The second-order valence-electron chi connectivity index (χ2n) is 7.90. The van der Waals surface area contributed by atoms with Crippen LogP contribution in [0, 0.1) is 0 Å². The fraction of sp³-hybridized carbons (Fsp3) is 0.321. The van der Waals surface area contributed by atoms with E-state index in [1.54, 1.807) is 42.7 Å². The standard InChI is InChI=1S/C28H33NO7/c1-31-22-9-7-18(13-24(22)33-3)11-12-29-28(30)16-20-15-26(35-5)27(36-6)17-21(20)19-8-10-23(32-2)25(14-19)34-4/h7-10,13-15,17H,11-12,16H2,1-6H3,(H,29,30). The van der Waals surface area contributed by atoms with Gasteiger partial charge < -0.3 is 33.7 Å². The SMILES string of the molecule is COc1ccc(CCNC(=O)Cc2cc(OC)c(OC)cc2-c2ccc(OC)c(OC)c2)cc1OC. The van der Waals surface area contributed by atoms with Crippen LogP contribution in [0.3, 0.4) is 0 Å². The van der Waals surface area contributed by atoms with E-state index in [1.165, 1.54) is 0 Å². The fourth-order valence-corrected chi connectivity index (χ4v) is 3.96. The fourth-order valence-electron chi connectivity index (χ4n) is 3.96. The molecule has 0 saturated heterocycles. The van der Waals surface area contributed by atoms with Crippen molar-refractivity contribution in [1.29, 1.82) is 0 Å². The van der Waals surface area contributed by atoms with Crippen LogP contribution in [0.5, 0.6) is 34.5 Å². The van der Waals surface area contributed by atoms with E-state index in [-0.39, 0.29) is 12.3 Å². The second-order valence-corrected chi connectivity index (χ2v) is 7.90. The van der Waals surface area contributed by atoms with E-state index in [0.29, 0.717) is 47.5 Å². The Morgan fingerprint density at radius 2 is 1.17 bits per heavy atom. The van der Waals surface area contributed by atoms with Crippen LogP contribution >= 0.6 is 0 Å². The van der Waals surface area contributed by atoms with Gasteiger partial charge in [-0.05, 0) is 65.1 Å². The van der Waals surface area contributed by atoms with Crippen LogP contribution in [0.15, 0.2) is 48.5 Å². The molecule has 0 unspecified atom stereocenters. The summed E-state index contributed by atoms with van der Waals surface area (Å²) in [6, 6.07) is 15.0. The Morgan fingerprint density at radius 3 is 1.78 bits per heavy atom. The molecule has 0 atom stereocenters. The van der Waals surface area contributed by atoms with Crippen molar-refractivity contribution in [2.75, 3.05) is 49.2 Å². The Morgan fingerprint density at radius 1 is 0.639 bits per heavy atom. The summed E-state index contributed by atoms with van der Waals surface area (Å²) >= 11 is 0. The summed E-state index contributed by atoms with van der Waals surface area (Å²) in [6.45, 7) is 0.479. The molecule has 3 rings (SSSR count). The molecular weight excluding hydrogens is 462 g/mol. The largest absolute Gasteiger partial charge is 0.493 e. The van der Waals surface area contributed by atoms with Crippen LogP contribution in [0.4, 0.5) is 0 Å². The van der Waals surface area contributed by atoms with E-state index in [2.05, 4.69) is 5.32 Å². The highest BCUT2D eigenvalue weighted by Crippen LogP contribution is 2.39. The van der Waals surface area contributed by atoms with Crippen LogP contribution in [-0.4, -0.2) is 55.1 Å². The molecule has 0 saturated carbocycles. The summed E-state index contributed by atoms with van der Waals surface area (Å²) in [5, 5.41) is 3.00. The summed E-state index contributed by atoms with van der Waals surface area (Å²) in [5.74, 6) is 3.55. The van der Waals surface area contributed by atoms with Crippen molar-refractivity contribution in [3.05, 3.63) is 59.7 Å². The van der Waals surface area contributed by atoms with Crippen LogP contribution in [0.1, 0.15) is 11.1 Å². The maximum absolute atomic E-state index is 12.9. The highest BCUT2D eigenvalue weighted by molar-refractivity contribution is 5.83. The van der Waals surface area contributed by atoms with Crippen LogP contribution < -0.4 is 33.7 Å². The number of hydrogen-bond donors (Lipinski definition) is 1. The third kappa shape index (κ3) is 6.13. The molecule has 0 fully saturated rings. The first-order chi connectivity index (χ1) is 17.5. The molecule has 36 heavy (non-hydrogen) atoms. The first kappa shape index (κ1) is 26.5. The van der Waals surface area contributed by atoms with Crippen LogP contribution in [-0.2, 0) is 17.6 Å². The molecular formula is C28H33NO7. The van der Waals surface area contributed by atoms with Gasteiger partial charge in [-0.3, -0.25) is 4.79 Å². The minimum absolute atomic E-state index is 0.107. The van der Waals surface area contributed by atoms with Crippen molar-refractivity contribution >= 4 is 5.91 Å². The number of nitrogens with one attached hydrogen (secondary N) is 1. The molecule has 0 spiro atoms. The lowest BCUT2D eigenvalue weighted by molar-refractivity contribution is -0.120. The average molecular weight is 496 g/mol. The first-order valence-corrected chi connectivity index (χ1v) is 11.4. The van der Waals surface area contributed by atoms with E-state index in [0.717, 1.165) is 22.3 Å². The molecule has 0 bridgehead atoms. The highest BCUT2D eigenvalue weighted by atomic mass is 16.5. The Labute approximate surface area is 212 Å². The maximum Gasteiger partial charge on any atom is 0.224 e. The van der Waals surface area contributed by atoms with Crippen LogP contribution in [0.2, 0.25) is 0 Å². The van der Waals surface area contributed by atoms with Crippen molar-refractivity contribution < 1.29 is 33.2 Å². The molecule has 0 aliphatic heterocycles. The number of carbonyl (C=O) groups excluding carboxylic acids is 1. The van der Waals surface area contributed by atoms with Crippen molar-refractivity contribution in [3.8, 4) is 45.6 Å². The summed E-state index contributed by atoms with van der Waals surface area (Å²) in [5.41, 5.74) is 3.53. The third-order valence-corrected chi connectivity index (χ3v) is 5.84. The van der Waals surface area contributed by atoms with Gasteiger partial charge in [0.05, 0.1) is 49.1 Å². The molecule has 3 aromatic rings. The van der Waals surface area contributed by atoms with Crippen molar-refractivity contribution in [3.63, 3.8) is 0 Å². The minimum Gasteiger partial charge on any atom is -0.493 e. The van der Waals surface area contributed by atoms with Gasteiger partial charge in [-0.15, -0.1) is 0 Å². The van der Waals surface area contributed by atoms with E-state index in [1.807, 2.05) is 48.5 Å². The quantitative estimate of drug-likeness (QED) is 0.401. The normalized spacial score (nSPS) is 10.4. The molecule has 0 radical (unpaired) electrons. The first-order valence-electron chi connectivity index (χ1n) is 11.4. The van der Waals surface area contributed by atoms with Gasteiger partial charge >= 0.3 is 0 Å². The van der Waals surface area contributed by atoms with Gasteiger partial charge in [-0.2, -0.15) is 0 Å². The van der Waals surface area contributed by atoms with Gasteiger partial charge in [0.25, 0.3) is 0 Å². The Hall–Kier alpha value is -4.07. The van der Waals surface area contributed by atoms with Crippen molar-refractivity contribution in [2.24, 2.45) is 0 Å². The van der Waals surface area contributed by atoms with Gasteiger partial charge in [-0.1, -0.05) is 12.1 Å². The van der Waals surface area contributed by atoms with Gasteiger partial charge in [-0.25, -0.2) is 0 Å². The molecule has 8 heteroatoms. The maximum atomic E-state index is 12.9. The summed E-state index contributed by atoms with van der Waals surface area (Å²) in [6.07, 6.45) is 0.816. The number of carbonyl (C=O) groups is 1. The van der Waals surface area contributed by atoms with Gasteiger partial charge in [0.1, 0.15) is 0 Å². The number of benzene rings is 3. The predicted octanol–water partition coefficient (Wildman–Crippen LogP) is 4.31. The number of rotatable bonds is 12. The lowest BCUT2D eigenvalue weighted by atomic mass is 9.96. The predicted molar refractivity (Wildman–Crippen MR) is 138 cm³/mol. The minimum atomic E-state index is -0.107. The lowest BCUT2D eigenvalue weighted by Crippen LogP contribution is -2.27. The van der Waals surface area contributed by atoms with Gasteiger partial charge in [0.2, 0.25) is 5.91 Å². The zero-order valence-corrected chi connectivity index (χ0v) is 21.6. The number of amides is 1. The van der Waals surface area contributed by atoms with Crippen molar-refractivity contribution in [2.45, 2.75) is 12.8 Å². The monoisotopic (exact) mass is 495 g/mol. The molecule has 1 N–H and O–H groups in total. The van der Waals surface area contributed by atoms with E-state index >= 15 is 0 Å². The molecule has 1 amide bonds. The van der Waals surface area contributed by atoms with Crippen molar-refractivity contribution in [1.82, 2.24) is 5.32 Å². The molecule has 8 nitrogen and oxygen atoms in total. The topological polar surface area (TPSA) is 84.5 Å². The summed E-state index contributed by atoms with van der Waals surface area (Å²) in [7, 11) is 9.52.